The molecule has 3 N–H and O–H groups in total. The Morgan fingerprint density at radius 1 is 1.00 bits per heavy atom. The lowest BCUT2D eigenvalue weighted by Gasteiger charge is -2.39. The van der Waals surface area contributed by atoms with E-state index in [0.29, 0.717) is 18.9 Å². The van der Waals surface area contributed by atoms with Gasteiger partial charge >= 0.3 is 6.01 Å². The smallest absolute Gasteiger partial charge is 0.324 e. The van der Waals surface area contributed by atoms with Gasteiger partial charge in [0.1, 0.15) is 0 Å². The zero-order valence-corrected chi connectivity index (χ0v) is 17.1. The van der Waals surface area contributed by atoms with Crippen molar-refractivity contribution in [1.82, 2.24) is 20.1 Å². The molecule has 1 aliphatic heterocycles. The van der Waals surface area contributed by atoms with Crippen LogP contribution in [-0.4, -0.2) is 43.9 Å². The van der Waals surface area contributed by atoms with Crippen LogP contribution in [0.2, 0.25) is 0 Å². The lowest BCUT2D eigenvalue weighted by molar-refractivity contribution is 0.0341. The van der Waals surface area contributed by atoms with Crippen LogP contribution in [0.5, 0.6) is 0 Å². The molecular formula is C22H26N6O2. The zero-order chi connectivity index (χ0) is 20.8. The second kappa shape index (κ2) is 7.05. The van der Waals surface area contributed by atoms with Gasteiger partial charge in [0, 0.05) is 31.0 Å². The number of nitrogens with two attached hydrogens (primary N) is 1. The second-order valence-electron chi connectivity index (χ2n) is 8.73. The molecule has 2 fully saturated rings. The maximum Gasteiger partial charge on any atom is 0.324 e. The maximum atomic E-state index is 10.2. The topological polar surface area (TPSA) is 114 Å². The van der Waals surface area contributed by atoms with Crippen LogP contribution in [-0.2, 0) is 5.41 Å². The molecular weight excluding hydrogens is 380 g/mol. The van der Waals surface area contributed by atoms with E-state index in [1.165, 1.54) is 5.56 Å². The zero-order valence-electron chi connectivity index (χ0n) is 17.1. The number of hydrogen-bond acceptors (Lipinski definition) is 8. The first-order valence-corrected chi connectivity index (χ1v) is 10.5. The summed E-state index contributed by atoms with van der Waals surface area (Å²) in [4.78, 5) is 15.0. The summed E-state index contributed by atoms with van der Waals surface area (Å²) in [5.74, 6) is 1.03. The molecule has 0 unspecified atom stereocenters. The normalized spacial score (nSPS) is 20.0. The molecule has 0 bridgehead atoms. The number of anilines is 2. The van der Waals surface area contributed by atoms with Crippen molar-refractivity contribution in [1.29, 1.82) is 0 Å². The summed E-state index contributed by atoms with van der Waals surface area (Å²) in [6.07, 6.45) is 8.02. The highest BCUT2D eigenvalue weighted by atomic mass is 16.5. The van der Waals surface area contributed by atoms with Crippen LogP contribution in [0.15, 0.2) is 41.2 Å². The van der Waals surface area contributed by atoms with Gasteiger partial charge in [-0.05, 0) is 43.7 Å². The van der Waals surface area contributed by atoms with Crippen LogP contribution in [0.4, 0.5) is 12.0 Å². The molecule has 156 valence electrons. The first kappa shape index (κ1) is 19.0. The molecule has 8 heteroatoms. The lowest BCUT2D eigenvalue weighted by Crippen LogP contribution is -2.42. The monoisotopic (exact) mass is 406 g/mol. The first-order valence-electron chi connectivity index (χ1n) is 10.5. The summed E-state index contributed by atoms with van der Waals surface area (Å²) < 4.78 is 5.63. The summed E-state index contributed by atoms with van der Waals surface area (Å²) in [5, 5.41) is 14.5. The third-order valence-electron chi connectivity index (χ3n) is 6.60. The Labute approximate surface area is 175 Å². The van der Waals surface area contributed by atoms with Gasteiger partial charge in [0.25, 0.3) is 0 Å². The minimum absolute atomic E-state index is 0.195. The predicted molar refractivity (Wildman–Crippen MR) is 113 cm³/mol. The summed E-state index contributed by atoms with van der Waals surface area (Å²) >= 11 is 0. The predicted octanol–water partition coefficient (Wildman–Crippen LogP) is 2.93. The molecule has 0 spiro atoms. The Morgan fingerprint density at radius 3 is 2.27 bits per heavy atom. The van der Waals surface area contributed by atoms with Gasteiger partial charge in [-0.3, -0.25) is 0 Å². The van der Waals surface area contributed by atoms with Crippen molar-refractivity contribution in [3.63, 3.8) is 0 Å². The van der Waals surface area contributed by atoms with Crippen molar-refractivity contribution in [3.05, 3.63) is 48.0 Å². The van der Waals surface area contributed by atoms with Gasteiger partial charge in [-0.15, -0.1) is 0 Å². The molecule has 1 aromatic carbocycles. The number of hydrogen-bond donors (Lipinski definition) is 2. The second-order valence-corrected chi connectivity index (χ2v) is 8.73. The highest BCUT2D eigenvalue weighted by Crippen LogP contribution is 2.48. The van der Waals surface area contributed by atoms with Crippen LogP contribution < -0.4 is 10.6 Å². The highest BCUT2D eigenvalue weighted by Gasteiger charge is 2.45. The quantitative estimate of drug-likeness (QED) is 0.680. The molecule has 0 atom stereocenters. The minimum atomic E-state index is -0.605. The Bertz CT molecular complexity index is 1010. The number of piperidine rings is 1. The third kappa shape index (κ3) is 3.31. The molecule has 1 aliphatic carbocycles. The Balaban J connectivity index is 1.38. The van der Waals surface area contributed by atoms with Gasteiger partial charge in [-0.2, -0.15) is 4.98 Å². The molecule has 1 saturated carbocycles. The van der Waals surface area contributed by atoms with Gasteiger partial charge < -0.3 is 20.3 Å². The van der Waals surface area contributed by atoms with Gasteiger partial charge in [0.05, 0.1) is 11.0 Å². The lowest BCUT2D eigenvalue weighted by atomic mass is 9.64. The standard InChI is InChI=1S/C22H26N6O2/c1-21(29)9-11-28(12-10-21)20-26-18(27-30-20)22(7-2-8-22)17-5-3-15(4-6-17)16-13-24-19(23)25-14-16/h3-6,13-14,29H,2,7-12H2,1H3,(H2,23,24,25). The molecule has 1 saturated heterocycles. The molecule has 0 radical (unpaired) electrons. The first-order chi connectivity index (χ1) is 14.5. The van der Waals surface area contributed by atoms with E-state index < -0.39 is 5.60 Å². The number of aliphatic hydroxyl groups is 1. The van der Waals surface area contributed by atoms with Crippen molar-refractivity contribution in [3.8, 4) is 11.1 Å². The molecule has 2 aromatic heterocycles. The molecule has 3 aromatic rings. The largest absolute Gasteiger partial charge is 0.390 e. The minimum Gasteiger partial charge on any atom is -0.390 e. The van der Waals surface area contributed by atoms with E-state index in [1.807, 2.05) is 6.92 Å². The number of nitrogen functional groups attached to an aromatic ring is 1. The molecule has 3 heterocycles. The fourth-order valence-corrected chi connectivity index (χ4v) is 4.36. The van der Waals surface area contributed by atoms with E-state index in [2.05, 4.69) is 44.3 Å². The molecule has 8 nitrogen and oxygen atoms in total. The van der Waals surface area contributed by atoms with Crippen LogP contribution in [0.1, 0.15) is 50.4 Å². The van der Waals surface area contributed by atoms with Gasteiger partial charge in [0.15, 0.2) is 5.82 Å². The third-order valence-corrected chi connectivity index (χ3v) is 6.60. The van der Waals surface area contributed by atoms with Crippen molar-refractivity contribution in [2.45, 2.75) is 50.0 Å². The Morgan fingerprint density at radius 2 is 1.67 bits per heavy atom. The summed E-state index contributed by atoms with van der Waals surface area (Å²) in [6.45, 7) is 3.33. The van der Waals surface area contributed by atoms with E-state index in [9.17, 15) is 5.11 Å². The van der Waals surface area contributed by atoms with Crippen molar-refractivity contribution < 1.29 is 9.63 Å². The number of nitrogens with zero attached hydrogens (tertiary/aromatic N) is 5. The van der Waals surface area contributed by atoms with E-state index in [-0.39, 0.29) is 11.4 Å². The van der Waals surface area contributed by atoms with Crippen LogP contribution in [0, 0.1) is 0 Å². The van der Waals surface area contributed by atoms with Crippen LogP contribution >= 0.6 is 0 Å². The van der Waals surface area contributed by atoms with E-state index >= 15 is 0 Å². The van der Waals surface area contributed by atoms with Crippen molar-refractivity contribution in [2.24, 2.45) is 0 Å². The van der Waals surface area contributed by atoms with Crippen molar-refractivity contribution >= 4 is 12.0 Å². The van der Waals surface area contributed by atoms with E-state index in [0.717, 1.165) is 49.3 Å². The number of aromatic nitrogens is 4. The van der Waals surface area contributed by atoms with E-state index in [1.54, 1.807) is 12.4 Å². The molecule has 30 heavy (non-hydrogen) atoms. The highest BCUT2D eigenvalue weighted by molar-refractivity contribution is 5.62. The molecule has 5 rings (SSSR count). The Hall–Kier alpha value is -3.00. The maximum absolute atomic E-state index is 10.2. The average Bonchev–Trinajstić information content (AvgIpc) is 3.18. The molecule has 2 aliphatic rings. The van der Waals surface area contributed by atoms with Crippen molar-refractivity contribution in [2.75, 3.05) is 23.7 Å². The SMILES string of the molecule is CC1(O)CCN(c2nc(C3(c4ccc(-c5cnc(N)nc5)cc4)CCC3)no2)CC1. The van der Waals surface area contributed by atoms with Crippen LogP contribution in [0.3, 0.4) is 0 Å². The van der Waals surface area contributed by atoms with E-state index in [4.69, 9.17) is 15.2 Å². The fourth-order valence-electron chi connectivity index (χ4n) is 4.36. The van der Waals surface area contributed by atoms with Crippen LogP contribution in [0.25, 0.3) is 11.1 Å². The van der Waals surface area contributed by atoms with Gasteiger partial charge in [-0.1, -0.05) is 35.8 Å². The number of rotatable bonds is 4. The fraction of sp³-hybridized carbons (Fsp3) is 0.455. The summed E-state index contributed by atoms with van der Waals surface area (Å²) in [6, 6.07) is 9.00. The summed E-state index contributed by atoms with van der Waals surface area (Å²) in [7, 11) is 0. The van der Waals surface area contributed by atoms with Gasteiger partial charge in [-0.25, -0.2) is 9.97 Å². The molecule has 0 amide bonds. The average molecular weight is 406 g/mol. The summed E-state index contributed by atoms with van der Waals surface area (Å²) in [5.41, 5.74) is 7.96. The Kier molecular flexibility index (Phi) is 4.47. The number of benzene rings is 1. The van der Waals surface area contributed by atoms with Gasteiger partial charge in [0.2, 0.25) is 5.95 Å².